The lowest BCUT2D eigenvalue weighted by atomic mass is 10.1. The summed E-state index contributed by atoms with van der Waals surface area (Å²) in [5, 5.41) is 11.7. The fourth-order valence-corrected chi connectivity index (χ4v) is 2.48. The minimum atomic E-state index is -1.07. The number of fused-ring (bicyclic) bond motifs is 2. The molecule has 1 aliphatic carbocycles. The van der Waals surface area contributed by atoms with Crippen molar-refractivity contribution in [3.63, 3.8) is 0 Å². The number of carbonyl (C=O) groups is 1. The van der Waals surface area contributed by atoms with E-state index in [2.05, 4.69) is 10.1 Å². The first-order valence-electron chi connectivity index (χ1n) is 6.03. The molecule has 0 aromatic carbocycles. The highest BCUT2D eigenvalue weighted by Gasteiger charge is 2.19. The summed E-state index contributed by atoms with van der Waals surface area (Å²) in [6, 6.07) is 0. The Morgan fingerprint density at radius 1 is 1.33 bits per heavy atom. The molecule has 6 nitrogen and oxygen atoms in total. The molecule has 0 bridgehead atoms. The number of carboxylic acids is 1. The zero-order valence-electron chi connectivity index (χ0n) is 9.77. The van der Waals surface area contributed by atoms with Gasteiger partial charge in [-0.1, -0.05) is 6.42 Å². The second-order valence-electron chi connectivity index (χ2n) is 4.55. The number of aromatic amines is 1. The van der Waals surface area contributed by atoms with Gasteiger partial charge in [0.25, 0.3) is 5.56 Å². The van der Waals surface area contributed by atoms with Crippen molar-refractivity contribution in [1.82, 2.24) is 14.6 Å². The molecule has 3 rings (SSSR count). The van der Waals surface area contributed by atoms with Crippen molar-refractivity contribution in [2.75, 3.05) is 0 Å². The first kappa shape index (κ1) is 11.0. The first-order valence-corrected chi connectivity index (χ1v) is 6.03. The molecule has 0 radical (unpaired) electrons. The van der Waals surface area contributed by atoms with Gasteiger partial charge in [-0.2, -0.15) is 0 Å². The maximum atomic E-state index is 12.3. The molecule has 2 N–H and O–H groups in total. The zero-order chi connectivity index (χ0) is 12.7. The van der Waals surface area contributed by atoms with Gasteiger partial charge in [0.05, 0.1) is 5.69 Å². The smallest absolute Gasteiger partial charge is 0.341 e. The number of nitrogens with zero attached hydrogens (tertiary/aromatic N) is 2. The number of aromatic carboxylic acids is 1. The Bertz CT molecular complexity index is 684. The summed E-state index contributed by atoms with van der Waals surface area (Å²) < 4.78 is 1.23. The molecule has 18 heavy (non-hydrogen) atoms. The summed E-state index contributed by atoms with van der Waals surface area (Å²) in [5.41, 5.74) is 1.58. The van der Waals surface area contributed by atoms with E-state index in [0.717, 1.165) is 43.4 Å². The molecule has 2 aromatic heterocycles. The third kappa shape index (κ3) is 1.53. The third-order valence-electron chi connectivity index (χ3n) is 3.41. The number of aryl methyl sites for hydroxylation is 1. The van der Waals surface area contributed by atoms with Crippen molar-refractivity contribution in [1.29, 1.82) is 0 Å². The quantitative estimate of drug-likeness (QED) is 0.735. The van der Waals surface area contributed by atoms with Crippen molar-refractivity contribution in [3.05, 3.63) is 33.4 Å². The number of nitrogens with one attached hydrogen (secondary N) is 1. The van der Waals surface area contributed by atoms with Gasteiger partial charge in [-0.15, -0.1) is 0 Å². The fraction of sp³-hybridized carbons (Fsp3) is 0.417. The minimum Gasteiger partial charge on any atom is -0.477 e. The molecule has 0 saturated heterocycles. The van der Waals surface area contributed by atoms with E-state index in [-0.39, 0.29) is 16.8 Å². The molecular weight excluding hydrogens is 234 g/mol. The Labute approximate surface area is 102 Å². The summed E-state index contributed by atoms with van der Waals surface area (Å²) in [5.74, 6) is -1.07. The van der Waals surface area contributed by atoms with Gasteiger partial charge in [0.15, 0.2) is 5.65 Å². The lowest BCUT2D eigenvalue weighted by molar-refractivity contribution is 0.0698. The SMILES string of the molecule is O=C(O)c1c[nH]n2c(=O)c3c(nc12)CCCCC3. The number of aromatic nitrogens is 3. The Hall–Kier alpha value is -2.11. The molecule has 0 unspecified atom stereocenters. The van der Waals surface area contributed by atoms with Gasteiger partial charge in [0.2, 0.25) is 0 Å². The van der Waals surface area contributed by atoms with Crippen LogP contribution >= 0.6 is 0 Å². The van der Waals surface area contributed by atoms with Gasteiger partial charge >= 0.3 is 5.97 Å². The molecule has 0 spiro atoms. The molecule has 2 aromatic rings. The van der Waals surface area contributed by atoms with Crippen LogP contribution < -0.4 is 5.56 Å². The predicted molar refractivity (Wildman–Crippen MR) is 64.0 cm³/mol. The normalized spacial score (nSPS) is 15.3. The van der Waals surface area contributed by atoms with Crippen LogP contribution in [0.4, 0.5) is 0 Å². The van der Waals surface area contributed by atoms with Crippen LogP contribution in [0.5, 0.6) is 0 Å². The van der Waals surface area contributed by atoms with E-state index in [9.17, 15) is 9.59 Å². The summed E-state index contributed by atoms with van der Waals surface area (Å²) in [4.78, 5) is 27.7. The zero-order valence-corrected chi connectivity index (χ0v) is 9.77. The van der Waals surface area contributed by atoms with Crippen LogP contribution in [-0.4, -0.2) is 25.7 Å². The van der Waals surface area contributed by atoms with Crippen LogP contribution in [0.15, 0.2) is 11.0 Å². The highest BCUT2D eigenvalue weighted by molar-refractivity contribution is 5.94. The molecule has 0 fully saturated rings. The largest absolute Gasteiger partial charge is 0.477 e. The van der Waals surface area contributed by atoms with Gasteiger partial charge in [0, 0.05) is 11.8 Å². The summed E-state index contributed by atoms with van der Waals surface area (Å²) in [6.07, 6.45) is 5.87. The summed E-state index contributed by atoms with van der Waals surface area (Å²) >= 11 is 0. The first-order chi connectivity index (χ1) is 8.68. The molecule has 0 saturated carbocycles. The standard InChI is InChI=1S/C12H13N3O3/c16-11-7-4-2-1-3-5-9(7)14-10-8(12(17)18)6-13-15(10)11/h6,13H,1-5H2,(H,17,18). The van der Waals surface area contributed by atoms with Crippen LogP contribution in [0, 0.1) is 0 Å². The summed E-state index contributed by atoms with van der Waals surface area (Å²) in [7, 11) is 0. The molecular formula is C12H13N3O3. The summed E-state index contributed by atoms with van der Waals surface area (Å²) in [6.45, 7) is 0. The van der Waals surface area contributed by atoms with Crippen LogP contribution in [0.1, 0.15) is 40.9 Å². The van der Waals surface area contributed by atoms with E-state index in [4.69, 9.17) is 5.11 Å². The molecule has 0 atom stereocenters. The lowest BCUT2D eigenvalue weighted by Gasteiger charge is -2.04. The Kier molecular flexibility index (Phi) is 2.43. The maximum absolute atomic E-state index is 12.3. The van der Waals surface area contributed by atoms with Gasteiger partial charge in [-0.3, -0.25) is 9.89 Å². The average Bonchev–Trinajstić information content (AvgIpc) is 2.61. The maximum Gasteiger partial charge on any atom is 0.341 e. The van der Waals surface area contributed by atoms with Crippen LogP contribution in [0.2, 0.25) is 0 Å². The highest BCUT2D eigenvalue weighted by Crippen LogP contribution is 2.17. The van der Waals surface area contributed by atoms with Crippen molar-refractivity contribution < 1.29 is 9.90 Å². The molecule has 0 aliphatic heterocycles. The van der Waals surface area contributed by atoms with Crippen molar-refractivity contribution in [3.8, 4) is 0 Å². The third-order valence-corrected chi connectivity index (χ3v) is 3.41. The van der Waals surface area contributed by atoms with Crippen molar-refractivity contribution in [2.24, 2.45) is 0 Å². The van der Waals surface area contributed by atoms with E-state index < -0.39 is 5.97 Å². The van der Waals surface area contributed by atoms with E-state index in [1.807, 2.05) is 0 Å². The number of rotatable bonds is 1. The Morgan fingerprint density at radius 3 is 2.89 bits per heavy atom. The fourth-order valence-electron chi connectivity index (χ4n) is 2.48. The topological polar surface area (TPSA) is 87.5 Å². The minimum absolute atomic E-state index is 0.0409. The van der Waals surface area contributed by atoms with E-state index in [1.165, 1.54) is 10.7 Å². The van der Waals surface area contributed by atoms with Gasteiger partial charge in [0.1, 0.15) is 5.56 Å². The van der Waals surface area contributed by atoms with E-state index in [0.29, 0.717) is 0 Å². The van der Waals surface area contributed by atoms with Crippen molar-refractivity contribution in [2.45, 2.75) is 32.1 Å². The van der Waals surface area contributed by atoms with Gasteiger partial charge in [-0.25, -0.2) is 14.3 Å². The van der Waals surface area contributed by atoms with Crippen LogP contribution in [0.3, 0.4) is 0 Å². The van der Waals surface area contributed by atoms with Gasteiger partial charge in [-0.05, 0) is 25.7 Å². The Balaban J connectivity index is 2.33. The second kappa shape index (κ2) is 3.97. The second-order valence-corrected chi connectivity index (χ2v) is 4.55. The van der Waals surface area contributed by atoms with E-state index in [1.54, 1.807) is 0 Å². The van der Waals surface area contributed by atoms with Crippen LogP contribution in [0.25, 0.3) is 5.65 Å². The molecule has 1 aliphatic rings. The highest BCUT2D eigenvalue weighted by atomic mass is 16.4. The number of hydrogen-bond donors (Lipinski definition) is 2. The van der Waals surface area contributed by atoms with Crippen LogP contribution in [-0.2, 0) is 12.8 Å². The average molecular weight is 247 g/mol. The van der Waals surface area contributed by atoms with Gasteiger partial charge < -0.3 is 5.11 Å². The molecule has 6 heteroatoms. The lowest BCUT2D eigenvalue weighted by Crippen LogP contribution is -2.22. The monoisotopic (exact) mass is 247 g/mol. The number of hydrogen-bond acceptors (Lipinski definition) is 3. The predicted octanol–water partition coefficient (Wildman–Crippen LogP) is 0.990. The molecule has 0 amide bonds. The molecule has 94 valence electrons. The number of carboxylic acid groups (broad SMARTS) is 1. The Morgan fingerprint density at radius 2 is 2.11 bits per heavy atom. The van der Waals surface area contributed by atoms with Crippen molar-refractivity contribution >= 4 is 11.6 Å². The molecule has 2 heterocycles. The van der Waals surface area contributed by atoms with E-state index >= 15 is 0 Å². The number of H-pyrrole nitrogens is 1.